The molecule has 0 bridgehead atoms. The Kier molecular flexibility index (Phi) is 2.93. The van der Waals surface area contributed by atoms with Crippen LogP contribution >= 0.6 is 15.9 Å². The number of hydrogen-bond acceptors (Lipinski definition) is 3. The number of hydrogen-bond donors (Lipinski definition) is 1. The van der Waals surface area contributed by atoms with Gasteiger partial charge in [-0.1, -0.05) is 6.92 Å². The van der Waals surface area contributed by atoms with Crippen LogP contribution in [0.3, 0.4) is 0 Å². The van der Waals surface area contributed by atoms with Gasteiger partial charge in [0.15, 0.2) is 11.5 Å². The number of ether oxygens (including phenoxy) is 2. The van der Waals surface area contributed by atoms with E-state index in [0.29, 0.717) is 6.79 Å². The van der Waals surface area contributed by atoms with Gasteiger partial charge in [0.2, 0.25) is 6.79 Å². The van der Waals surface area contributed by atoms with Crippen LogP contribution < -0.4 is 14.8 Å². The smallest absolute Gasteiger partial charge is 0.231 e. The third kappa shape index (κ3) is 1.86. The van der Waals surface area contributed by atoms with Gasteiger partial charge in [-0.2, -0.15) is 0 Å². The molecule has 0 radical (unpaired) electrons. The van der Waals surface area contributed by atoms with Crippen LogP contribution in [0.5, 0.6) is 11.5 Å². The molecule has 0 atom stereocenters. The van der Waals surface area contributed by atoms with Crippen molar-refractivity contribution in [3.8, 4) is 11.5 Å². The SMILES string of the molecule is CCNCc1cc(Br)c2c(c1)OCO2. The summed E-state index contributed by atoms with van der Waals surface area (Å²) in [7, 11) is 0. The molecule has 2 rings (SSSR count). The van der Waals surface area contributed by atoms with Crippen molar-refractivity contribution in [1.82, 2.24) is 5.32 Å². The quantitative estimate of drug-likeness (QED) is 0.902. The molecule has 1 aliphatic heterocycles. The molecule has 0 saturated carbocycles. The van der Waals surface area contributed by atoms with Gasteiger partial charge in [0.25, 0.3) is 0 Å². The minimum absolute atomic E-state index is 0.318. The molecule has 1 aromatic carbocycles. The van der Waals surface area contributed by atoms with E-state index in [9.17, 15) is 0 Å². The second-order valence-electron chi connectivity index (χ2n) is 3.09. The van der Waals surface area contributed by atoms with Crippen molar-refractivity contribution in [2.45, 2.75) is 13.5 Å². The molecular weight excluding hydrogens is 246 g/mol. The van der Waals surface area contributed by atoms with Gasteiger partial charge < -0.3 is 14.8 Å². The molecule has 0 spiro atoms. The first-order valence-electron chi connectivity index (χ1n) is 4.60. The predicted molar refractivity (Wildman–Crippen MR) is 57.6 cm³/mol. The average molecular weight is 258 g/mol. The second kappa shape index (κ2) is 4.19. The van der Waals surface area contributed by atoms with Crippen LogP contribution in [0.15, 0.2) is 16.6 Å². The fourth-order valence-corrected chi connectivity index (χ4v) is 2.00. The third-order valence-electron chi connectivity index (χ3n) is 2.07. The van der Waals surface area contributed by atoms with Crippen molar-refractivity contribution in [1.29, 1.82) is 0 Å². The number of rotatable bonds is 3. The van der Waals surface area contributed by atoms with Crippen molar-refractivity contribution in [3.05, 3.63) is 22.2 Å². The number of fused-ring (bicyclic) bond motifs is 1. The van der Waals surface area contributed by atoms with E-state index < -0.39 is 0 Å². The van der Waals surface area contributed by atoms with Crippen molar-refractivity contribution >= 4 is 15.9 Å². The van der Waals surface area contributed by atoms with Crippen LogP contribution in [0.25, 0.3) is 0 Å². The Morgan fingerprint density at radius 2 is 2.29 bits per heavy atom. The van der Waals surface area contributed by atoms with E-state index >= 15 is 0 Å². The van der Waals surface area contributed by atoms with Gasteiger partial charge in [0, 0.05) is 6.54 Å². The Morgan fingerprint density at radius 1 is 1.43 bits per heavy atom. The first kappa shape index (κ1) is 9.80. The van der Waals surface area contributed by atoms with Crippen molar-refractivity contribution in [3.63, 3.8) is 0 Å². The Bertz CT molecular complexity index is 341. The summed E-state index contributed by atoms with van der Waals surface area (Å²) in [6.45, 7) is 4.22. The molecular formula is C10H12BrNO2. The van der Waals surface area contributed by atoms with Gasteiger partial charge >= 0.3 is 0 Å². The lowest BCUT2D eigenvalue weighted by Crippen LogP contribution is -2.11. The topological polar surface area (TPSA) is 30.5 Å². The molecule has 1 heterocycles. The van der Waals surface area contributed by atoms with Crippen molar-refractivity contribution in [2.75, 3.05) is 13.3 Å². The Labute approximate surface area is 91.5 Å². The molecule has 1 aromatic rings. The molecule has 3 nitrogen and oxygen atoms in total. The molecule has 0 saturated heterocycles. The van der Waals surface area contributed by atoms with Gasteiger partial charge in [-0.25, -0.2) is 0 Å². The van der Waals surface area contributed by atoms with E-state index in [1.165, 1.54) is 5.56 Å². The second-order valence-corrected chi connectivity index (χ2v) is 3.95. The van der Waals surface area contributed by atoms with Gasteiger partial charge in [0.1, 0.15) is 0 Å². The maximum absolute atomic E-state index is 5.32. The summed E-state index contributed by atoms with van der Waals surface area (Å²) in [6.07, 6.45) is 0. The molecule has 76 valence electrons. The zero-order valence-electron chi connectivity index (χ0n) is 7.97. The van der Waals surface area contributed by atoms with E-state index in [1.54, 1.807) is 0 Å². The molecule has 0 amide bonds. The fourth-order valence-electron chi connectivity index (χ4n) is 1.39. The molecule has 14 heavy (non-hydrogen) atoms. The van der Waals surface area contributed by atoms with Gasteiger partial charge in [-0.15, -0.1) is 0 Å². The number of nitrogens with one attached hydrogen (secondary N) is 1. The summed E-state index contributed by atoms with van der Waals surface area (Å²) in [5, 5.41) is 3.27. The highest BCUT2D eigenvalue weighted by molar-refractivity contribution is 9.10. The standard InChI is InChI=1S/C10H12BrNO2/c1-2-12-5-7-3-8(11)10-9(4-7)13-6-14-10/h3-4,12H,2,5-6H2,1H3. The summed E-state index contributed by atoms with van der Waals surface area (Å²) >= 11 is 3.46. The monoisotopic (exact) mass is 257 g/mol. The molecule has 0 aromatic heterocycles. The van der Waals surface area contributed by atoms with Crippen molar-refractivity contribution in [2.24, 2.45) is 0 Å². The highest BCUT2D eigenvalue weighted by atomic mass is 79.9. The van der Waals surface area contributed by atoms with E-state index in [4.69, 9.17) is 9.47 Å². The van der Waals surface area contributed by atoms with E-state index in [2.05, 4.69) is 34.2 Å². The Morgan fingerprint density at radius 3 is 3.07 bits per heavy atom. The summed E-state index contributed by atoms with van der Waals surface area (Å²) in [5.41, 5.74) is 1.20. The summed E-state index contributed by atoms with van der Waals surface area (Å²) < 4.78 is 11.6. The molecule has 0 unspecified atom stereocenters. The molecule has 4 heteroatoms. The van der Waals surface area contributed by atoms with E-state index in [1.807, 2.05) is 6.07 Å². The van der Waals surface area contributed by atoms with Crippen molar-refractivity contribution < 1.29 is 9.47 Å². The zero-order chi connectivity index (χ0) is 9.97. The molecule has 0 aliphatic carbocycles. The minimum Gasteiger partial charge on any atom is -0.454 e. The largest absolute Gasteiger partial charge is 0.454 e. The first-order chi connectivity index (χ1) is 6.81. The van der Waals surface area contributed by atoms with Crippen LogP contribution in [0.4, 0.5) is 0 Å². The maximum atomic E-state index is 5.32. The average Bonchev–Trinajstić information content (AvgIpc) is 2.63. The minimum atomic E-state index is 0.318. The zero-order valence-corrected chi connectivity index (χ0v) is 9.56. The lowest BCUT2D eigenvalue weighted by atomic mass is 10.2. The summed E-state index contributed by atoms with van der Waals surface area (Å²) in [6, 6.07) is 4.06. The maximum Gasteiger partial charge on any atom is 0.231 e. The summed E-state index contributed by atoms with van der Waals surface area (Å²) in [5.74, 6) is 1.64. The normalized spacial score (nSPS) is 13.3. The highest BCUT2D eigenvalue weighted by Crippen LogP contribution is 2.39. The van der Waals surface area contributed by atoms with Crippen LogP contribution in [0.2, 0.25) is 0 Å². The third-order valence-corrected chi connectivity index (χ3v) is 2.66. The highest BCUT2D eigenvalue weighted by Gasteiger charge is 2.17. The number of benzene rings is 1. The van der Waals surface area contributed by atoms with Gasteiger partial charge in [-0.05, 0) is 40.2 Å². The Balaban J connectivity index is 2.23. The Hall–Kier alpha value is -0.740. The molecule has 1 N–H and O–H groups in total. The van der Waals surface area contributed by atoms with Crippen LogP contribution in [-0.4, -0.2) is 13.3 Å². The fraction of sp³-hybridized carbons (Fsp3) is 0.400. The van der Waals surface area contributed by atoms with Crippen LogP contribution in [0, 0.1) is 0 Å². The van der Waals surface area contributed by atoms with E-state index in [0.717, 1.165) is 29.1 Å². The van der Waals surface area contributed by atoms with Crippen LogP contribution in [0.1, 0.15) is 12.5 Å². The summed E-state index contributed by atoms with van der Waals surface area (Å²) in [4.78, 5) is 0. The molecule has 1 aliphatic rings. The lowest BCUT2D eigenvalue weighted by molar-refractivity contribution is 0.173. The van der Waals surface area contributed by atoms with Crippen LogP contribution in [-0.2, 0) is 6.54 Å². The van der Waals surface area contributed by atoms with Gasteiger partial charge in [-0.3, -0.25) is 0 Å². The van der Waals surface area contributed by atoms with E-state index in [-0.39, 0.29) is 0 Å². The predicted octanol–water partition coefficient (Wildman–Crippen LogP) is 2.29. The number of halogens is 1. The first-order valence-corrected chi connectivity index (χ1v) is 5.39. The lowest BCUT2D eigenvalue weighted by Gasteiger charge is -2.05. The molecule has 0 fully saturated rings. The van der Waals surface area contributed by atoms with Gasteiger partial charge in [0.05, 0.1) is 4.47 Å².